The van der Waals surface area contributed by atoms with Crippen LogP contribution < -0.4 is 8.92 Å². The fourth-order valence-corrected chi connectivity index (χ4v) is 8.91. The molecule has 0 aliphatic heterocycles. The normalized spacial score (nSPS) is 11.2. The molecule has 2 aromatic rings. The summed E-state index contributed by atoms with van der Waals surface area (Å²) in [6, 6.07) is 21.3. The second kappa shape index (κ2) is 4.89. The van der Waals surface area contributed by atoms with E-state index < -0.39 is 8.13 Å². The Labute approximate surface area is 104 Å². The van der Waals surface area contributed by atoms with Crippen LogP contribution in [0.5, 0.6) is 0 Å². The van der Waals surface area contributed by atoms with E-state index in [0.29, 0.717) is 0 Å². The number of hydrogen-bond donors (Lipinski definition) is 0. The summed E-state index contributed by atoms with van der Waals surface area (Å²) in [7, 11) is -1.90. The van der Waals surface area contributed by atoms with Gasteiger partial charge < -0.3 is 0 Å². The molecule has 2 aromatic carbocycles. The summed E-state index contributed by atoms with van der Waals surface area (Å²) in [4.78, 5) is 0. The molecule has 0 aromatic heterocycles. The predicted octanol–water partition coefficient (Wildman–Crippen LogP) is 0.580. The van der Waals surface area contributed by atoms with Crippen molar-refractivity contribution in [3.05, 3.63) is 60.7 Å². The van der Waals surface area contributed by atoms with E-state index in [1.54, 1.807) is 0 Å². The summed E-state index contributed by atoms with van der Waals surface area (Å²) in [5, 5.41) is 0. The minimum absolute atomic E-state index is 1.40. The molecule has 0 aliphatic rings. The third-order valence-corrected chi connectivity index (χ3v) is 14.2. The van der Waals surface area contributed by atoms with Gasteiger partial charge in [-0.3, -0.25) is 0 Å². The summed E-state index contributed by atoms with van der Waals surface area (Å²) in [5.74, 6) is 0. The molecule has 0 heterocycles. The van der Waals surface area contributed by atoms with Crippen LogP contribution >= 0.6 is 0 Å². The van der Waals surface area contributed by atoms with Gasteiger partial charge in [0.1, 0.15) is 0 Å². The Hall–Kier alpha value is -0.00156. The van der Waals surface area contributed by atoms with Crippen LogP contribution in [0.4, 0.5) is 0 Å². The van der Waals surface area contributed by atoms with Gasteiger partial charge in [-0.05, 0) is 0 Å². The Bertz CT molecular complexity index is 482. The van der Waals surface area contributed by atoms with Crippen molar-refractivity contribution >= 4 is 44.4 Å². The molecule has 0 radical (unpaired) electrons. The van der Waals surface area contributed by atoms with Crippen molar-refractivity contribution in [3.8, 4) is 0 Å². The van der Waals surface area contributed by atoms with Crippen LogP contribution in [-0.2, 0) is 0 Å². The summed E-state index contributed by atoms with van der Waals surface area (Å²) in [6.45, 7) is 0. The molecule has 0 bridgehead atoms. The number of benzene rings is 2. The molecule has 0 saturated carbocycles. The average molecular weight is 391 g/mol. The molecule has 3 heteroatoms. The van der Waals surface area contributed by atoms with Crippen LogP contribution in [0.1, 0.15) is 0 Å². The molecule has 0 amide bonds. The van der Waals surface area contributed by atoms with E-state index in [0.717, 1.165) is 0 Å². The van der Waals surface area contributed by atoms with E-state index in [-0.39, 0.29) is 0 Å². The van der Waals surface area contributed by atoms with Gasteiger partial charge in [-0.25, -0.2) is 0 Å². The van der Waals surface area contributed by atoms with Gasteiger partial charge in [0.25, 0.3) is 0 Å². The van der Waals surface area contributed by atoms with Crippen molar-refractivity contribution < 1.29 is 0 Å². The fourth-order valence-electron chi connectivity index (χ4n) is 1.34. The van der Waals surface area contributed by atoms with E-state index in [1.165, 1.54) is 8.92 Å². The molecule has 2 rings (SSSR count). The molecule has 15 heavy (non-hydrogen) atoms. The first kappa shape index (κ1) is 11.5. The minimum atomic E-state index is -1.90. The second-order valence-electron chi connectivity index (χ2n) is 3.13. The molecule has 0 aliphatic carbocycles. The summed E-state index contributed by atoms with van der Waals surface area (Å²) < 4.78 is 2.81. The third kappa shape index (κ3) is 2.57. The van der Waals surface area contributed by atoms with E-state index in [2.05, 4.69) is 88.0 Å². The van der Waals surface area contributed by atoms with Gasteiger partial charge in [0.05, 0.1) is 0 Å². The standard InChI is InChI=1S/C12H10Se3/c13-15(14,11-7-3-1-4-8-11)12-9-5-2-6-10-12/h1-10H. The fraction of sp³-hybridized carbons (Fsp3) is 0. The molecular weight excluding hydrogens is 381 g/mol. The molecule has 0 saturated heterocycles. The molecule has 0 spiro atoms. The van der Waals surface area contributed by atoms with E-state index in [9.17, 15) is 0 Å². The Morgan fingerprint density at radius 1 is 0.600 bits per heavy atom. The Morgan fingerprint density at radius 3 is 1.27 bits per heavy atom. The summed E-state index contributed by atoms with van der Waals surface area (Å²) in [5.41, 5.74) is 0. The third-order valence-electron chi connectivity index (χ3n) is 2.11. The van der Waals surface area contributed by atoms with Gasteiger partial charge in [-0.2, -0.15) is 0 Å². The van der Waals surface area contributed by atoms with E-state index in [4.69, 9.17) is 0 Å². The van der Waals surface area contributed by atoms with Crippen LogP contribution in [0.25, 0.3) is 0 Å². The second-order valence-corrected chi connectivity index (χ2v) is 23.7. The zero-order valence-electron chi connectivity index (χ0n) is 8.00. The molecule has 76 valence electrons. The first-order chi connectivity index (χ1) is 7.21. The van der Waals surface area contributed by atoms with Crippen LogP contribution in [-0.4, -0.2) is 35.4 Å². The van der Waals surface area contributed by atoms with Crippen molar-refractivity contribution in [3.63, 3.8) is 0 Å². The molecular formula is C12H10Se3. The monoisotopic (exact) mass is 394 g/mol. The number of hydrogen-bond acceptors (Lipinski definition) is 0. The molecule has 0 fully saturated rings. The molecule has 0 N–H and O–H groups in total. The van der Waals surface area contributed by atoms with Crippen molar-refractivity contribution in [1.29, 1.82) is 0 Å². The van der Waals surface area contributed by atoms with Gasteiger partial charge in [0.15, 0.2) is 0 Å². The average Bonchev–Trinajstić information content (AvgIpc) is 2.31. The first-order valence-electron chi connectivity index (χ1n) is 4.56. The topological polar surface area (TPSA) is 0 Å². The van der Waals surface area contributed by atoms with Crippen LogP contribution in [0.3, 0.4) is 0 Å². The first-order valence-corrected chi connectivity index (χ1v) is 14.9. The Morgan fingerprint density at radius 2 is 0.933 bits per heavy atom. The van der Waals surface area contributed by atoms with Crippen molar-refractivity contribution in [2.24, 2.45) is 0 Å². The summed E-state index contributed by atoms with van der Waals surface area (Å²) in [6.07, 6.45) is 0. The Balaban J connectivity index is 2.55. The number of rotatable bonds is 2. The van der Waals surface area contributed by atoms with Crippen molar-refractivity contribution in [1.82, 2.24) is 0 Å². The van der Waals surface area contributed by atoms with Crippen molar-refractivity contribution in [2.45, 2.75) is 0 Å². The Kier molecular flexibility index (Phi) is 3.74. The zero-order valence-corrected chi connectivity index (χ0v) is 13.1. The maximum atomic E-state index is 3.39. The van der Waals surface area contributed by atoms with Crippen LogP contribution in [0, 0.1) is 0 Å². The van der Waals surface area contributed by atoms with Gasteiger partial charge >= 0.3 is 105 Å². The summed E-state index contributed by atoms with van der Waals surface area (Å²) >= 11 is 6.77. The van der Waals surface area contributed by atoms with E-state index >= 15 is 0 Å². The van der Waals surface area contributed by atoms with Crippen LogP contribution in [0.15, 0.2) is 60.7 Å². The molecule has 0 unspecified atom stereocenters. The van der Waals surface area contributed by atoms with Gasteiger partial charge in [-0.15, -0.1) is 0 Å². The van der Waals surface area contributed by atoms with Crippen LogP contribution in [0.2, 0.25) is 0 Å². The SMILES string of the molecule is [Se]=[Se](=[Se])(c1ccccc1)c1ccccc1. The predicted molar refractivity (Wildman–Crippen MR) is 69.4 cm³/mol. The molecule has 0 nitrogen and oxygen atoms in total. The van der Waals surface area contributed by atoms with Gasteiger partial charge in [0, 0.05) is 0 Å². The van der Waals surface area contributed by atoms with Crippen molar-refractivity contribution in [2.75, 3.05) is 0 Å². The zero-order chi connectivity index (χ0) is 10.7. The quantitative estimate of drug-likeness (QED) is 0.658. The van der Waals surface area contributed by atoms with Gasteiger partial charge in [-0.1, -0.05) is 0 Å². The van der Waals surface area contributed by atoms with E-state index in [1.807, 2.05) is 0 Å². The molecule has 0 atom stereocenters. The van der Waals surface area contributed by atoms with Gasteiger partial charge in [0.2, 0.25) is 0 Å². The maximum absolute atomic E-state index is 3.39.